The molecule has 0 unspecified atom stereocenters. The van der Waals surface area contributed by atoms with Gasteiger partial charge in [0.2, 0.25) is 11.8 Å². The SMILES string of the molecule is CCCOc1c(CNC(=O)CC(=O)Nc2ccccc2C)cccc1OC. The van der Waals surface area contributed by atoms with Crippen molar-refractivity contribution in [3.63, 3.8) is 0 Å². The molecule has 2 N–H and O–H groups in total. The molecule has 0 saturated heterocycles. The monoisotopic (exact) mass is 370 g/mol. The third kappa shape index (κ3) is 6.02. The second-order valence-corrected chi connectivity index (χ2v) is 6.11. The van der Waals surface area contributed by atoms with E-state index in [1.807, 2.05) is 50.2 Å². The molecule has 2 aromatic carbocycles. The zero-order chi connectivity index (χ0) is 19.6. The molecule has 0 aliphatic heterocycles. The van der Waals surface area contributed by atoms with Crippen molar-refractivity contribution in [1.82, 2.24) is 5.32 Å². The molecule has 6 nitrogen and oxygen atoms in total. The minimum Gasteiger partial charge on any atom is -0.493 e. The van der Waals surface area contributed by atoms with Crippen molar-refractivity contribution in [3.8, 4) is 11.5 Å². The number of nitrogens with one attached hydrogen (secondary N) is 2. The molecule has 0 bridgehead atoms. The zero-order valence-corrected chi connectivity index (χ0v) is 16.0. The van der Waals surface area contributed by atoms with Gasteiger partial charge in [-0.05, 0) is 31.0 Å². The summed E-state index contributed by atoms with van der Waals surface area (Å²) in [6.07, 6.45) is 0.617. The molecule has 144 valence electrons. The molecule has 0 aliphatic rings. The Balaban J connectivity index is 1.93. The van der Waals surface area contributed by atoms with E-state index >= 15 is 0 Å². The number of hydrogen-bond acceptors (Lipinski definition) is 4. The number of rotatable bonds is 9. The van der Waals surface area contributed by atoms with E-state index in [0.717, 1.165) is 17.5 Å². The molecule has 0 aliphatic carbocycles. The van der Waals surface area contributed by atoms with Crippen LogP contribution in [0, 0.1) is 6.92 Å². The van der Waals surface area contributed by atoms with Crippen LogP contribution >= 0.6 is 0 Å². The standard InChI is InChI=1S/C21H26N2O4/c1-4-12-27-21-16(9-7-11-18(21)26-3)14-22-19(24)13-20(25)23-17-10-6-5-8-15(17)2/h5-11H,4,12-14H2,1-3H3,(H,22,24)(H,23,25). The van der Waals surface area contributed by atoms with Crippen molar-refractivity contribution in [2.45, 2.75) is 33.2 Å². The lowest BCUT2D eigenvalue weighted by atomic mass is 10.1. The number of aryl methyl sites for hydroxylation is 1. The molecule has 2 rings (SSSR count). The van der Waals surface area contributed by atoms with Gasteiger partial charge in [-0.3, -0.25) is 9.59 Å². The Labute approximate surface area is 159 Å². The van der Waals surface area contributed by atoms with E-state index in [4.69, 9.17) is 9.47 Å². The first-order chi connectivity index (χ1) is 13.0. The predicted octanol–water partition coefficient (Wildman–Crippen LogP) is 3.44. The van der Waals surface area contributed by atoms with E-state index in [0.29, 0.717) is 23.8 Å². The van der Waals surface area contributed by atoms with E-state index < -0.39 is 0 Å². The summed E-state index contributed by atoms with van der Waals surface area (Å²) in [7, 11) is 1.58. The van der Waals surface area contributed by atoms with Gasteiger partial charge in [-0.25, -0.2) is 0 Å². The van der Waals surface area contributed by atoms with Gasteiger partial charge in [-0.2, -0.15) is 0 Å². The Morgan fingerprint density at radius 3 is 2.52 bits per heavy atom. The van der Waals surface area contributed by atoms with Gasteiger partial charge >= 0.3 is 0 Å². The van der Waals surface area contributed by atoms with Crippen molar-refractivity contribution in [1.29, 1.82) is 0 Å². The maximum atomic E-state index is 12.1. The van der Waals surface area contributed by atoms with Crippen molar-refractivity contribution in [3.05, 3.63) is 53.6 Å². The van der Waals surface area contributed by atoms with Crippen LogP contribution in [0.2, 0.25) is 0 Å². The number of carbonyl (C=O) groups excluding carboxylic acids is 2. The van der Waals surface area contributed by atoms with E-state index in [-0.39, 0.29) is 24.8 Å². The highest BCUT2D eigenvalue weighted by Gasteiger charge is 2.14. The van der Waals surface area contributed by atoms with Crippen LogP contribution in [0.4, 0.5) is 5.69 Å². The highest BCUT2D eigenvalue weighted by molar-refractivity contribution is 6.03. The fourth-order valence-corrected chi connectivity index (χ4v) is 2.54. The lowest BCUT2D eigenvalue weighted by Gasteiger charge is -2.15. The first-order valence-electron chi connectivity index (χ1n) is 8.96. The Kier molecular flexibility index (Phi) is 7.67. The molecule has 27 heavy (non-hydrogen) atoms. The number of methoxy groups -OCH3 is 1. The first kappa shape index (κ1) is 20.3. The van der Waals surface area contributed by atoms with Crippen LogP contribution in [-0.4, -0.2) is 25.5 Å². The van der Waals surface area contributed by atoms with Crippen LogP contribution in [0.5, 0.6) is 11.5 Å². The smallest absolute Gasteiger partial charge is 0.233 e. The quantitative estimate of drug-likeness (QED) is 0.663. The molecule has 0 saturated carbocycles. The summed E-state index contributed by atoms with van der Waals surface area (Å²) >= 11 is 0. The summed E-state index contributed by atoms with van der Waals surface area (Å²) in [5.74, 6) is 0.527. The fourth-order valence-electron chi connectivity index (χ4n) is 2.54. The maximum absolute atomic E-state index is 12.1. The van der Waals surface area contributed by atoms with Gasteiger partial charge in [0, 0.05) is 17.8 Å². The minimum atomic E-state index is -0.356. The zero-order valence-electron chi connectivity index (χ0n) is 16.0. The number of carbonyl (C=O) groups is 2. The molecule has 2 amide bonds. The number of hydrogen-bond donors (Lipinski definition) is 2. The first-order valence-corrected chi connectivity index (χ1v) is 8.96. The normalized spacial score (nSPS) is 10.2. The summed E-state index contributed by atoms with van der Waals surface area (Å²) in [5.41, 5.74) is 2.45. The van der Waals surface area contributed by atoms with Gasteiger partial charge in [-0.1, -0.05) is 37.3 Å². The number of amides is 2. The average Bonchev–Trinajstić information content (AvgIpc) is 2.66. The lowest BCUT2D eigenvalue weighted by Crippen LogP contribution is -2.28. The number of benzene rings is 2. The minimum absolute atomic E-state index is 0.247. The Morgan fingerprint density at radius 1 is 1.04 bits per heavy atom. The topological polar surface area (TPSA) is 76.7 Å². The maximum Gasteiger partial charge on any atom is 0.233 e. The summed E-state index contributed by atoms with van der Waals surface area (Å²) in [4.78, 5) is 24.2. The molecule has 0 aromatic heterocycles. The largest absolute Gasteiger partial charge is 0.493 e. The van der Waals surface area contributed by atoms with Gasteiger partial charge in [0.15, 0.2) is 11.5 Å². The van der Waals surface area contributed by atoms with Crippen LogP contribution in [-0.2, 0) is 16.1 Å². The summed E-state index contributed by atoms with van der Waals surface area (Å²) in [6, 6.07) is 12.9. The van der Waals surface area contributed by atoms with Crippen molar-refractivity contribution >= 4 is 17.5 Å². The fraction of sp³-hybridized carbons (Fsp3) is 0.333. The molecule has 0 atom stereocenters. The summed E-state index contributed by atoms with van der Waals surface area (Å²) in [6.45, 7) is 4.73. The van der Waals surface area contributed by atoms with Crippen LogP contribution < -0.4 is 20.1 Å². The lowest BCUT2D eigenvalue weighted by molar-refractivity contribution is -0.126. The Bertz CT molecular complexity index is 790. The van der Waals surface area contributed by atoms with Gasteiger partial charge in [0.05, 0.1) is 13.7 Å². The van der Waals surface area contributed by atoms with Gasteiger partial charge in [-0.15, -0.1) is 0 Å². The van der Waals surface area contributed by atoms with Crippen LogP contribution in [0.3, 0.4) is 0 Å². The summed E-state index contributed by atoms with van der Waals surface area (Å²) < 4.78 is 11.1. The van der Waals surface area contributed by atoms with E-state index in [1.165, 1.54) is 0 Å². The highest BCUT2D eigenvalue weighted by Crippen LogP contribution is 2.31. The van der Waals surface area contributed by atoms with Crippen molar-refractivity contribution in [2.75, 3.05) is 19.0 Å². The van der Waals surface area contributed by atoms with Crippen molar-refractivity contribution in [2.24, 2.45) is 0 Å². The Hall–Kier alpha value is -3.02. The van der Waals surface area contributed by atoms with E-state index in [2.05, 4.69) is 10.6 Å². The Morgan fingerprint density at radius 2 is 1.81 bits per heavy atom. The predicted molar refractivity (Wildman–Crippen MR) is 105 cm³/mol. The molecule has 2 aromatic rings. The second-order valence-electron chi connectivity index (χ2n) is 6.11. The third-order valence-electron chi connectivity index (χ3n) is 3.95. The van der Waals surface area contributed by atoms with E-state index in [9.17, 15) is 9.59 Å². The number of ether oxygens (including phenoxy) is 2. The molecular formula is C21H26N2O4. The molecule has 0 heterocycles. The molecular weight excluding hydrogens is 344 g/mol. The molecule has 6 heteroatoms. The van der Waals surface area contributed by atoms with Gasteiger partial charge in [0.25, 0.3) is 0 Å². The number of anilines is 1. The molecule has 0 spiro atoms. The average molecular weight is 370 g/mol. The van der Waals surface area contributed by atoms with Crippen LogP contribution in [0.1, 0.15) is 30.9 Å². The summed E-state index contributed by atoms with van der Waals surface area (Å²) in [5, 5.41) is 5.52. The van der Waals surface area contributed by atoms with Crippen LogP contribution in [0.15, 0.2) is 42.5 Å². The highest BCUT2D eigenvalue weighted by atomic mass is 16.5. The number of para-hydroxylation sites is 2. The molecule has 0 fully saturated rings. The van der Waals surface area contributed by atoms with Crippen molar-refractivity contribution < 1.29 is 19.1 Å². The second kappa shape index (κ2) is 10.2. The van der Waals surface area contributed by atoms with E-state index in [1.54, 1.807) is 13.2 Å². The van der Waals surface area contributed by atoms with Gasteiger partial charge in [0.1, 0.15) is 6.42 Å². The molecule has 0 radical (unpaired) electrons. The van der Waals surface area contributed by atoms with Crippen LogP contribution in [0.25, 0.3) is 0 Å². The van der Waals surface area contributed by atoms with Gasteiger partial charge < -0.3 is 20.1 Å². The third-order valence-corrected chi connectivity index (χ3v) is 3.95.